The second kappa shape index (κ2) is 5.37. The Labute approximate surface area is 125 Å². The van der Waals surface area contributed by atoms with Gasteiger partial charge in [0, 0.05) is 29.2 Å². The van der Waals surface area contributed by atoms with Crippen molar-refractivity contribution in [3.05, 3.63) is 64.3 Å². The molecule has 2 aliphatic rings. The molecule has 0 saturated carbocycles. The van der Waals surface area contributed by atoms with Crippen molar-refractivity contribution in [2.75, 3.05) is 0 Å². The normalized spacial score (nSPS) is 11.5. The molecule has 0 radical (unpaired) electrons. The fourth-order valence-corrected chi connectivity index (χ4v) is 2.44. The zero-order chi connectivity index (χ0) is 15.7. The monoisotopic (exact) mass is 296 g/mol. The number of allylic oxidation sites excluding steroid dienone is 1. The Hall–Kier alpha value is -3.08. The average Bonchev–Trinajstić information content (AvgIpc) is 2.45. The van der Waals surface area contributed by atoms with E-state index in [1.807, 2.05) is 0 Å². The van der Waals surface area contributed by atoms with E-state index in [1.165, 1.54) is 30.3 Å². The van der Waals surface area contributed by atoms with E-state index in [0.29, 0.717) is 17.8 Å². The molecule has 2 N–H and O–H groups in total. The van der Waals surface area contributed by atoms with Crippen LogP contribution in [0.3, 0.4) is 0 Å². The topological polar surface area (TPSA) is 87.7 Å². The fourth-order valence-electron chi connectivity index (χ4n) is 2.44. The highest BCUT2D eigenvalue weighted by atomic mass is 16.4. The molecule has 0 atom stereocenters. The molecule has 110 valence electrons. The number of fused-ring (bicyclic) bond motifs is 2. The van der Waals surface area contributed by atoms with Crippen molar-refractivity contribution in [1.29, 1.82) is 0 Å². The van der Waals surface area contributed by atoms with Crippen LogP contribution in [0.5, 0.6) is 5.75 Å². The number of phenolic OH excluding ortho intramolecular Hbond substituents is 1. The Morgan fingerprint density at radius 1 is 1.18 bits per heavy atom. The van der Waals surface area contributed by atoms with Gasteiger partial charge in [-0.2, -0.15) is 0 Å². The predicted molar refractivity (Wildman–Crippen MR) is 81.3 cm³/mol. The van der Waals surface area contributed by atoms with Gasteiger partial charge in [-0.15, -0.1) is 0 Å². The van der Waals surface area contributed by atoms with Crippen LogP contribution >= 0.6 is 0 Å². The molecule has 3 rings (SSSR count). The molecular formula is C17H12O5. The van der Waals surface area contributed by atoms with Gasteiger partial charge < -0.3 is 14.6 Å². The van der Waals surface area contributed by atoms with Crippen LogP contribution < -0.4 is 5.43 Å². The maximum atomic E-state index is 11.5. The molecule has 1 heterocycles. The number of carbonyl (C=O) groups is 1. The van der Waals surface area contributed by atoms with Gasteiger partial charge in [0.1, 0.15) is 17.1 Å². The quantitative estimate of drug-likeness (QED) is 0.573. The van der Waals surface area contributed by atoms with Crippen molar-refractivity contribution in [2.24, 2.45) is 0 Å². The van der Waals surface area contributed by atoms with Gasteiger partial charge in [0.25, 0.3) is 0 Å². The first-order chi connectivity index (χ1) is 10.5. The first-order valence-electron chi connectivity index (χ1n) is 6.62. The molecule has 0 fully saturated rings. The van der Waals surface area contributed by atoms with E-state index in [-0.39, 0.29) is 11.2 Å². The number of phenols is 1. The van der Waals surface area contributed by atoms with Crippen LogP contribution in [0.1, 0.15) is 5.56 Å². The lowest BCUT2D eigenvalue weighted by molar-refractivity contribution is -0.131. The SMILES string of the molecule is O=C(O)C=CCc1c2ccc(=O)cc-2oc2cc(O)ccc12. The van der Waals surface area contributed by atoms with Crippen molar-refractivity contribution in [1.82, 2.24) is 0 Å². The molecule has 1 aliphatic heterocycles. The van der Waals surface area contributed by atoms with Crippen LogP contribution in [0.15, 0.2) is 57.8 Å². The van der Waals surface area contributed by atoms with Crippen LogP contribution in [0, 0.1) is 0 Å². The average molecular weight is 296 g/mol. The third kappa shape index (κ3) is 2.56. The van der Waals surface area contributed by atoms with Gasteiger partial charge in [-0.1, -0.05) is 6.08 Å². The van der Waals surface area contributed by atoms with Crippen molar-refractivity contribution in [2.45, 2.75) is 6.42 Å². The molecule has 0 bridgehead atoms. The first kappa shape index (κ1) is 13.9. The Kier molecular flexibility index (Phi) is 3.39. The third-order valence-corrected chi connectivity index (χ3v) is 3.37. The molecule has 0 aromatic heterocycles. The smallest absolute Gasteiger partial charge is 0.327 e. The van der Waals surface area contributed by atoms with Crippen LogP contribution in [0.25, 0.3) is 22.3 Å². The van der Waals surface area contributed by atoms with E-state index in [0.717, 1.165) is 22.6 Å². The summed E-state index contributed by atoms with van der Waals surface area (Å²) in [6, 6.07) is 9.20. The molecule has 0 amide bonds. The number of hydrogen-bond donors (Lipinski definition) is 2. The van der Waals surface area contributed by atoms with Gasteiger partial charge in [0.2, 0.25) is 0 Å². The molecule has 1 aromatic carbocycles. The highest BCUT2D eigenvalue weighted by molar-refractivity contribution is 5.89. The number of benzene rings is 2. The van der Waals surface area contributed by atoms with E-state index in [4.69, 9.17) is 9.52 Å². The number of carboxylic acids is 1. The zero-order valence-corrected chi connectivity index (χ0v) is 11.4. The molecule has 22 heavy (non-hydrogen) atoms. The predicted octanol–water partition coefficient (Wildman–Crippen LogP) is 2.79. The highest BCUT2D eigenvalue weighted by Gasteiger charge is 2.15. The van der Waals surface area contributed by atoms with Gasteiger partial charge in [0.05, 0.1) is 0 Å². The lowest BCUT2D eigenvalue weighted by atomic mass is 9.97. The van der Waals surface area contributed by atoms with Crippen LogP contribution in [0.2, 0.25) is 0 Å². The molecule has 5 heteroatoms. The minimum atomic E-state index is -1.02. The number of carboxylic acid groups (broad SMARTS) is 1. The van der Waals surface area contributed by atoms with Gasteiger partial charge in [-0.3, -0.25) is 4.79 Å². The van der Waals surface area contributed by atoms with E-state index >= 15 is 0 Å². The summed E-state index contributed by atoms with van der Waals surface area (Å²) in [5, 5.41) is 19.1. The maximum Gasteiger partial charge on any atom is 0.327 e. The summed E-state index contributed by atoms with van der Waals surface area (Å²) in [6.45, 7) is 0. The van der Waals surface area contributed by atoms with E-state index in [2.05, 4.69) is 0 Å². The summed E-state index contributed by atoms with van der Waals surface area (Å²) in [5.74, 6) is -0.557. The number of aromatic hydroxyl groups is 1. The summed E-state index contributed by atoms with van der Waals surface area (Å²) >= 11 is 0. The minimum Gasteiger partial charge on any atom is -0.508 e. The molecule has 5 nitrogen and oxygen atoms in total. The van der Waals surface area contributed by atoms with Gasteiger partial charge >= 0.3 is 5.97 Å². The van der Waals surface area contributed by atoms with Crippen LogP contribution in [-0.4, -0.2) is 16.2 Å². The van der Waals surface area contributed by atoms with Crippen molar-refractivity contribution >= 4 is 16.9 Å². The van der Waals surface area contributed by atoms with Gasteiger partial charge in [0.15, 0.2) is 5.43 Å². The second-order valence-electron chi connectivity index (χ2n) is 4.86. The van der Waals surface area contributed by atoms with Crippen molar-refractivity contribution in [3.8, 4) is 17.1 Å². The molecule has 1 aromatic rings. The number of rotatable bonds is 3. The molecule has 1 aliphatic carbocycles. The Balaban J connectivity index is 2.28. The second-order valence-corrected chi connectivity index (χ2v) is 4.86. The lowest BCUT2D eigenvalue weighted by Gasteiger charge is -2.13. The van der Waals surface area contributed by atoms with Crippen molar-refractivity contribution in [3.63, 3.8) is 0 Å². The summed E-state index contributed by atoms with van der Waals surface area (Å²) in [4.78, 5) is 22.1. The van der Waals surface area contributed by atoms with Gasteiger partial charge in [-0.05, 0) is 36.2 Å². The van der Waals surface area contributed by atoms with Gasteiger partial charge in [-0.25, -0.2) is 4.79 Å². The number of aliphatic carboxylic acids is 1. The summed E-state index contributed by atoms with van der Waals surface area (Å²) in [6.07, 6.45) is 2.98. The van der Waals surface area contributed by atoms with Crippen LogP contribution in [-0.2, 0) is 11.2 Å². The summed E-state index contributed by atoms with van der Waals surface area (Å²) in [7, 11) is 0. The lowest BCUT2D eigenvalue weighted by Crippen LogP contribution is -2.01. The molecule has 0 saturated heterocycles. The molecular weight excluding hydrogens is 284 g/mol. The van der Waals surface area contributed by atoms with Crippen LogP contribution in [0.4, 0.5) is 0 Å². The largest absolute Gasteiger partial charge is 0.508 e. The van der Waals surface area contributed by atoms with E-state index in [1.54, 1.807) is 12.1 Å². The molecule has 0 unspecified atom stereocenters. The summed E-state index contributed by atoms with van der Waals surface area (Å²) < 4.78 is 5.68. The molecule has 0 spiro atoms. The Bertz CT molecular complexity index is 920. The standard InChI is InChI=1S/C17H12O5/c18-10-4-6-13-12(2-1-3-17(20)21)14-7-5-11(19)9-16(14)22-15(13)8-10/h1,3-9,18H,2H2,(H,20,21). The van der Waals surface area contributed by atoms with E-state index in [9.17, 15) is 14.7 Å². The highest BCUT2D eigenvalue weighted by Crippen LogP contribution is 2.34. The maximum absolute atomic E-state index is 11.5. The minimum absolute atomic E-state index is 0.0564. The Morgan fingerprint density at radius 2 is 2.00 bits per heavy atom. The van der Waals surface area contributed by atoms with Crippen molar-refractivity contribution < 1.29 is 19.4 Å². The third-order valence-electron chi connectivity index (χ3n) is 3.37. The summed E-state index contributed by atoms with van der Waals surface area (Å²) in [5.41, 5.74) is 1.85. The van der Waals surface area contributed by atoms with E-state index < -0.39 is 5.97 Å². The first-order valence-corrected chi connectivity index (χ1v) is 6.62. The Morgan fingerprint density at radius 3 is 2.77 bits per heavy atom. The fraction of sp³-hybridized carbons (Fsp3) is 0.0588. The zero-order valence-electron chi connectivity index (χ0n) is 11.4. The number of hydrogen-bond acceptors (Lipinski definition) is 4.